The summed E-state index contributed by atoms with van der Waals surface area (Å²) in [6.07, 6.45) is 0.934. The maximum Gasteiger partial charge on any atom is 0.309 e. The Kier molecular flexibility index (Phi) is 4.55. The predicted molar refractivity (Wildman–Crippen MR) is 79.3 cm³/mol. The number of carboxylic acids is 1. The minimum atomic E-state index is -0.848. The van der Waals surface area contributed by atoms with Crippen molar-refractivity contribution >= 4 is 33.8 Å². The van der Waals surface area contributed by atoms with Gasteiger partial charge in [0.05, 0.1) is 12.1 Å². The molecular formula is C13H16N2O2S2. The first kappa shape index (κ1) is 14.0. The Morgan fingerprint density at radius 2 is 2.32 bits per heavy atom. The molecule has 2 rings (SSSR count). The van der Waals surface area contributed by atoms with E-state index in [0.717, 1.165) is 11.6 Å². The van der Waals surface area contributed by atoms with Gasteiger partial charge < -0.3 is 10.4 Å². The summed E-state index contributed by atoms with van der Waals surface area (Å²) in [6.45, 7) is 4.21. The Bertz CT molecular complexity index is 562. The minimum absolute atomic E-state index is 0.0172. The molecule has 1 unspecified atom stereocenters. The number of carboxylic acid groups (broad SMARTS) is 1. The maximum absolute atomic E-state index is 10.6. The van der Waals surface area contributed by atoms with Crippen LogP contribution >= 0.6 is 22.7 Å². The van der Waals surface area contributed by atoms with Gasteiger partial charge in [0.25, 0.3) is 0 Å². The van der Waals surface area contributed by atoms with Crippen LogP contribution in [0, 0.1) is 6.92 Å². The molecule has 4 nitrogen and oxygen atoms in total. The molecule has 0 aliphatic rings. The smallest absolute Gasteiger partial charge is 0.309 e. The average Bonchev–Trinajstić information content (AvgIpc) is 2.88. The Morgan fingerprint density at radius 3 is 2.95 bits per heavy atom. The monoisotopic (exact) mass is 296 g/mol. The van der Waals surface area contributed by atoms with Crippen LogP contribution in [0.3, 0.4) is 0 Å². The fraction of sp³-hybridized carbons (Fsp3) is 0.385. The summed E-state index contributed by atoms with van der Waals surface area (Å²) in [6, 6.07) is 4.55. The van der Waals surface area contributed by atoms with Crippen molar-refractivity contribution in [1.82, 2.24) is 4.98 Å². The normalized spacial score (nSPS) is 12.3. The van der Waals surface area contributed by atoms with Crippen molar-refractivity contribution in [3.05, 3.63) is 33.0 Å². The van der Waals surface area contributed by atoms with Crippen LogP contribution in [-0.4, -0.2) is 22.1 Å². The SMILES string of the molecule is Cc1ccc(CC(C)Nc2nc(CC(=O)O)cs2)s1. The number of rotatable bonds is 6. The largest absolute Gasteiger partial charge is 0.481 e. The van der Waals surface area contributed by atoms with Gasteiger partial charge in [0.2, 0.25) is 0 Å². The highest BCUT2D eigenvalue weighted by Gasteiger charge is 2.09. The van der Waals surface area contributed by atoms with Gasteiger partial charge in [-0.2, -0.15) is 0 Å². The lowest BCUT2D eigenvalue weighted by Gasteiger charge is -2.11. The van der Waals surface area contributed by atoms with Gasteiger partial charge in [-0.3, -0.25) is 4.79 Å². The Balaban J connectivity index is 1.89. The summed E-state index contributed by atoms with van der Waals surface area (Å²) in [4.78, 5) is 17.5. The zero-order valence-corrected chi connectivity index (χ0v) is 12.5. The van der Waals surface area contributed by atoms with Gasteiger partial charge in [-0.05, 0) is 26.0 Å². The molecule has 0 saturated carbocycles. The number of anilines is 1. The molecule has 0 spiro atoms. The average molecular weight is 296 g/mol. The third kappa shape index (κ3) is 4.33. The molecule has 6 heteroatoms. The summed E-state index contributed by atoms with van der Waals surface area (Å²) in [5.74, 6) is -0.848. The number of hydrogen-bond acceptors (Lipinski definition) is 5. The van der Waals surface area contributed by atoms with E-state index in [9.17, 15) is 4.79 Å². The fourth-order valence-corrected chi connectivity index (χ4v) is 3.61. The highest BCUT2D eigenvalue weighted by molar-refractivity contribution is 7.13. The quantitative estimate of drug-likeness (QED) is 0.859. The van der Waals surface area contributed by atoms with Gasteiger partial charge in [-0.15, -0.1) is 22.7 Å². The molecule has 0 saturated heterocycles. The van der Waals surface area contributed by atoms with Crippen LogP contribution in [0.1, 0.15) is 22.4 Å². The molecule has 0 bridgehead atoms. The number of nitrogens with one attached hydrogen (secondary N) is 1. The standard InChI is InChI=1S/C13H16N2O2S2/c1-8(5-11-4-3-9(2)19-11)14-13-15-10(7-18-13)6-12(16)17/h3-4,7-8H,5-6H2,1-2H3,(H,14,15)(H,16,17). The zero-order valence-electron chi connectivity index (χ0n) is 10.8. The molecular weight excluding hydrogens is 280 g/mol. The molecule has 0 aliphatic carbocycles. The van der Waals surface area contributed by atoms with Crippen molar-refractivity contribution in [2.24, 2.45) is 0 Å². The van der Waals surface area contributed by atoms with E-state index in [1.165, 1.54) is 21.1 Å². The zero-order chi connectivity index (χ0) is 13.8. The highest BCUT2D eigenvalue weighted by atomic mass is 32.1. The van der Waals surface area contributed by atoms with Crippen molar-refractivity contribution in [2.75, 3.05) is 5.32 Å². The molecule has 0 aliphatic heterocycles. The van der Waals surface area contributed by atoms with Crippen LogP contribution in [0.15, 0.2) is 17.5 Å². The van der Waals surface area contributed by atoms with Crippen molar-refractivity contribution in [1.29, 1.82) is 0 Å². The number of nitrogens with zero attached hydrogens (tertiary/aromatic N) is 1. The van der Waals surface area contributed by atoms with Crippen molar-refractivity contribution in [2.45, 2.75) is 32.7 Å². The van der Waals surface area contributed by atoms with E-state index in [1.807, 2.05) is 0 Å². The second-order valence-electron chi connectivity index (χ2n) is 4.48. The minimum Gasteiger partial charge on any atom is -0.481 e. The molecule has 2 N–H and O–H groups in total. The molecule has 2 aromatic heterocycles. The molecule has 19 heavy (non-hydrogen) atoms. The fourth-order valence-electron chi connectivity index (χ4n) is 1.77. The predicted octanol–water partition coefficient (Wildman–Crippen LogP) is 3.18. The van der Waals surface area contributed by atoms with Crippen LogP contribution in [0.5, 0.6) is 0 Å². The summed E-state index contributed by atoms with van der Waals surface area (Å²) in [5.41, 5.74) is 0.610. The number of thiazole rings is 1. The van der Waals surface area contributed by atoms with Crippen molar-refractivity contribution in [3.63, 3.8) is 0 Å². The van der Waals surface area contributed by atoms with Crippen LogP contribution in [-0.2, 0) is 17.6 Å². The van der Waals surface area contributed by atoms with Crippen LogP contribution in [0.2, 0.25) is 0 Å². The van der Waals surface area contributed by atoms with E-state index in [4.69, 9.17) is 5.11 Å². The molecule has 0 aromatic carbocycles. The van der Waals surface area contributed by atoms with Crippen molar-refractivity contribution in [3.8, 4) is 0 Å². The first-order chi connectivity index (χ1) is 9.02. The van der Waals surface area contributed by atoms with E-state index in [2.05, 4.69) is 36.3 Å². The molecule has 0 amide bonds. The second-order valence-corrected chi connectivity index (χ2v) is 6.71. The number of aromatic nitrogens is 1. The Morgan fingerprint density at radius 1 is 1.53 bits per heavy atom. The van der Waals surface area contributed by atoms with Crippen LogP contribution in [0.25, 0.3) is 0 Å². The van der Waals surface area contributed by atoms with Crippen LogP contribution < -0.4 is 5.32 Å². The third-order valence-corrected chi connectivity index (χ3v) is 4.40. The number of thiophene rings is 1. The lowest BCUT2D eigenvalue weighted by Crippen LogP contribution is -2.17. The second kappa shape index (κ2) is 6.16. The molecule has 0 fully saturated rings. The Hall–Kier alpha value is -1.40. The van der Waals surface area contributed by atoms with E-state index < -0.39 is 5.97 Å². The van der Waals surface area contributed by atoms with Gasteiger partial charge in [0, 0.05) is 27.6 Å². The molecule has 2 heterocycles. The lowest BCUT2D eigenvalue weighted by molar-refractivity contribution is -0.136. The summed E-state index contributed by atoms with van der Waals surface area (Å²) in [5, 5.41) is 14.6. The van der Waals surface area contributed by atoms with Gasteiger partial charge in [0.15, 0.2) is 5.13 Å². The number of hydrogen-bond donors (Lipinski definition) is 2. The first-order valence-electron chi connectivity index (χ1n) is 6.01. The number of aliphatic carboxylic acids is 1. The summed E-state index contributed by atoms with van der Waals surface area (Å²) in [7, 11) is 0. The highest BCUT2D eigenvalue weighted by Crippen LogP contribution is 2.20. The van der Waals surface area contributed by atoms with Crippen LogP contribution in [0.4, 0.5) is 5.13 Å². The lowest BCUT2D eigenvalue weighted by atomic mass is 10.2. The summed E-state index contributed by atoms with van der Waals surface area (Å²) < 4.78 is 0. The van der Waals surface area contributed by atoms with Gasteiger partial charge in [-0.1, -0.05) is 0 Å². The van der Waals surface area contributed by atoms with Crippen molar-refractivity contribution < 1.29 is 9.90 Å². The number of carbonyl (C=O) groups is 1. The van der Waals surface area contributed by atoms with E-state index >= 15 is 0 Å². The summed E-state index contributed by atoms with van der Waals surface area (Å²) >= 11 is 3.26. The molecule has 0 radical (unpaired) electrons. The Labute approximate surface area is 120 Å². The molecule has 102 valence electrons. The number of aryl methyl sites for hydroxylation is 1. The maximum atomic E-state index is 10.6. The third-order valence-electron chi connectivity index (χ3n) is 2.56. The topological polar surface area (TPSA) is 62.2 Å². The molecule has 2 aromatic rings. The van der Waals surface area contributed by atoms with Gasteiger partial charge >= 0.3 is 5.97 Å². The van der Waals surface area contributed by atoms with Gasteiger partial charge in [0.1, 0.15) is 0 Å². The van der Waals surface area contributed by atoms with Gasteiger partial charge in [-0.25, -0.2) is 4.98 Å². The van der Waals surface area contributed by atoms with E-state index in [-0.39, 0.29) is 12.5 Å². The molecule has 1 atom stereocenters. The first-order valence-corrected chi connectivity index (χ1v) is 7.70. The van der Waals surface area contributed by atoms with E-state index in [0.29, 0.717) is 5.69 Å². The van der Waals surface area contributed by atoms with E-state index in [1.54, 1.807) is 16.7 Å².